The Morgan fingerprint density at radius 2 is 1.89 bits per heavy atom. The summed E-state index contributed by atoms with van der Waals surface area (Å²) >= 11 is 0. The van der Waals surface area contributed by atoms with Crippen LogP contribution in [0, 0.1) is 11.3 Å². The molecular formula is C14H20N2O3. The number of aromatic nitrogens is 1. The molecule has 1 unspecified atom stereocenters. The van der Waals surface area contributed by atoms with Gasteiger partial charge in [-0.1, -0.05) is 33.8 Å². The van der Waals surface area contributed by atoms with E-state index in [0.717, 1.165) is 0 Å². The Hall–Kier alpha value is -1.91. The topological polar surface area (TPSA) is 79.3 Å². The molecule has 0 aliphatic rings. The standard InChI is InChI=1S/C14H20N2O3/c1-9(14(2,3)4)8-15-12(17)10-6-5-7-11(16-10)13(18)19/h5-7,9H,8H2,1-4H3,(H,15,17)(H,18,19). The fraction of sp³-hybridized carbons (Fsp3) is 0.500. The smallest absolute Gasteiger partial charge is 0.354 e. The minimum absolute atomic E-state index is 0.101. The lowest BCUT2D eigenvalue weighted by Gasteiger charge is -2.27. The molecule has 2 N–H and O–H groups in total. The largest absolute Gasteiger partial charge is 0.477 e. The summed E-state index contributed by atoms with van der Waals surface area (Å²) in [6.45, 7) is 8.90. The van der Waals surface area contributed by atoms with Gasteiger partial charge >= 0.3 is 5.97 Å². The molecule has 1 rings (SSSR count). The molecule has 1 atom stereocenters. The summed E-state index contributed by atoms with van der Waals surface area (Å²) in [4.78, 5) is 26.5. The first-order valence-corrected chi connectivity index (χ1v) is 6.20. The summed E-state index contributed by atoms with van der Waals surface area (Å²) in [7, 11) is 0. The van der Waals surface area contributed by atoms with E-state index in [2.05, 4.69) is 38.0 Å². The number of rotatable bonds is 4. The Kier molecular flexibility index (Phi) is 4.64. The number of nitrogens with one attached hydrogen (secondary N) is 1. The van der Waals surface area contributed by atoms with Crippen molar-refractivity contribution >= 4 is 11.9 Å². The van der Waals surface area contributed by atoms with Crippen molar-refractivity contribution in [1.82, 2.24) is 10.3 Å². The number of hydrogen-bond donors (Lipinski definition) is 2. The van der Waals surface area contributed by atoms with Gasteiger partial charge in [0.1, 0.15) is 11.4 Å². The number of carbonyl (C=O) groups is 2. The van der Waals surface area contributed by atoms with E-state index in [-0.39, 0.29) is 22.7 Å². The van der Waals surface area contributed by atoms with Gasteiger partial charge in [-0.15, -0.1) is 0 Å². The van der Waals surface area contributed by atoms with Crippen LogP contribution in [0.1, 0.15) is 48.7 Å². The molecule has 1 aromatic heterocycles. The average molecular weight is 264 g/mol. The van der Waals surface area contributed by atoms with E-state index in [4.69, 9.17) is 5.11 Å². The van der Waals surface area contributed by atoms with Crippen molar-refractivity contribution in [3.05, 3.63) is 29.6 Å². The van der Waals surface area contributed by atoms with Crippen LogP contribution in [0.15, 0.2) is 18.2 Å². The molecule has 0 saturated carbocycles. The molecule has 19 heavy (non-hydrogen) atoms. The molecule has 5 heteroatoms. The van der Waals surface area contributed by atoms with Crippen LogP contribution in [0.2, 0.25) is 0 Å². The molecule has 0 aliphatic heterocycles. The minimum Gasteiger partial charge on any atom is -0.477 e. The molecule has 0 aliphatic carbocycles. The Morgan fingerprint density at radius 1 is 1.32 bits per heavy atom. The van der Waals surface area contributed by atoms with E-state index < -0.39 is 5.97 Å². The van der Waals surface area contributed by atoms with Gasteiger partial charge in [0, 0.05) is 6.54 Å². The summed E-state index contributed by atoms with van der Waals surface area (Å²) in [6.07, 6.45) is 0. The fourth-order valence-electron chi connectivity index (χ4n) is 1.32. The predicted molar refractivity (Wildman–Crippen MR) is 72.1 cm³/mol. The molecule has 0 fully saturated rings. The quantitative estimate of drug-likeness (QED) is 0.873. The number of aromatic carboxylic acids is 1. The van der Waals surface area contributed by atoms with Crippen LogP contribution in [0.4, 0.5) is 0 Å². The first kappa shape index (κ1) is 15.1. The number of carboxylic acid groups (broad SMARTS) is 1. The Morgan fingerprint density at radius 3 is 2.42 bits per heavy atom. The summed E-state index contributed by atoms with van der Waals surface area (Å²) in [5.41, 5.74) is 0.0985. The molecule has 1 aromatic rings. The molecule has 104 valence electrons. The summed E-state index contributed by atoms with van der Waals surface area (Å²) in [6, 6.07) is 4.37. The third kappa shape index (κ3) is 4.35. The number of nitrogens with zero attached hydrogens (tertiary/aromatic N) is 1. The molecule has 0 aromatic carbocycles. The predicted octanol–water partition coefficient (Wildman–Crippen LogP) is 2.19. The monoisotopic (exact) mass is 264 g/mol. The van der Waals surface area contributed by atoms with Gasteiger partial charge in [-0.25, -0.2) is 9.78 Å². The van der Waals surface area contributed by atoms with Crippen molar-refractivity contribution in [2.75, 3.05) is 6.54 Å². The highest BCUT2D eigenvalue weighted by Crippen LogP contribution is 2.24. The second-order valence-corrected chi connectivity index (χ2v) is 5.69. The van der Waals surface area contributed by atoms with Crippen LogP contribution < -0.4 is 5.32 Å². The maximum absolute atomic E-state index is 11.9. The Labute approximate surface area is 113 Å². The van der Waals surface area contributed by atoms with Crippen molar-refractivity contribution in [3.8, 4) is 0 Å². The number of carbonyl (C=O) groups excluding carboxylic acids is 1. The van der Waals surface area contributed by atoms with Crippen molar-refractivity contribution in [1.29, 1.82) is 0 Å². The Bertz CT molecular complexity index is 478. The zero-order valence-electron chi connectivity index (χ0n) is 11.7. The molecular weight excluding hydrogens is 244 g/mol. The second-order valence-electron chi connectivity index (χ2n) is 5.69. The van der Waals surface area contributed by atoms with Gasteiger partial charge in [0.25, 0.3) is 5.91 Å². The number of pyridine rings is 1. The van der Waals surface area contributed by atoms with Crippen LogP contribution in [0.5, 0.6) is 0 Å². The SMILES string of the molecule is CC(CNC(=O)c1cccc(C(=O)O)n1)C(C)(C)C. The lowest BCUT2D eigenvalue weighted by atomic mass is 9.82. The average Bonchev–Trinajstić information content (AvgIpc) is 2.34. The lowest BCUT2D eigenvalue weighted by Crippen LogP contribution is -2.34. The van der Waals surface area contributed by atoms with Crippen molar-refractivity contribution in [2.24, 2.45) is 11.3 Å². The van der Waals surface area contributed by atoms with E-state index in [1.165, 1.54) is 18.2 Å². The minimum atomic E-state index is -1.14. The normalized spacial score (nSPS) is 12.8. The maximum atomic E-state index is 11.9. The van der Waals surface area contributed by atoms with Crippen LogP contribution >= 0.6 is 0 Å². The van der Waals surface area contributed by atoms with Gasteiger partial charge in [0.05, 0.1) is 0 Å². The summed E-state index contributed by atoms with van der Waals surface area (Å²) in [5.74, 6) is -1.18. The van der Waals surface area contributed by atoms with Gasteiger partial charge in [-0.3, -0.25) is 4.79 Å². The second kappa shape index (κ2) is 5.82. The molecule has 0 saturated heterocycles. The van der Waals surface area contributed by atoms with Gasteiger partial charge in [0.15, 0.2) is 0 Å². The first-order chi connectivity index (χ1) is 8.71. The summed E-state index contributed by atoms with van der Waals surface area (Å²) < 4.78 is 0. The van der Waals surface area contributed by atoms with Crippen LogP contribution in [-0.4, -0.2) is 28.5 Å². The number of amides is 1. The van der Waals surface area contributed by atoms with Gasteiger partial charge < -0.3 is 10.4 Å². The molecule has 1 amide bonds. The lowest BCUT2D eigenvalue weighted by molar-refractivity contribution is 0.0690. The fourth-order valence-corrected chi connectivity index (χ4v) is 1.32. The van der Waals surface area contributed by atoms with E-state index >= 15 is 0 Å². The molecule has 5 nitrogen and oxygen atoms in total. The first-order valence-electron chi connectivity index (χ1n) is 6.20. The Balaban J connectivity index is 2.69. The van der Waals surface area contributed by atoms with Crippen LogP contribution in [0.3, 0.4) is 0 Å². The molecule has 0 radical (unpaired) electrons. The molecule has 0 bridgehead atoms. The van der Waals surface area contributed by atoms with Crippen molar-refractivity contribution in [2.45, 2.75) is 27.7 Å². The zero-order valence-corrected chi connectivity index (χ0v) is 11.7. The van der Waals surface area contributed by atoms with Gasteiger partial charge in [-0.2, -0.15) is 0 Å². The number of hydrogen-bond acceptors (Lipinski definition) is 3. The third-order valence-electron chi connectivity index (χ3n) is 3.25. The van der Waals surface area contributed by atoms with E-state index in [9.17, 15) is 9.59 Å². The maximum Gasteiger partial charge on any atom is 0.354 e. The highest BCUT2D eigenvalue weighted by molar-refractivity contribution is 5.94. The van der Waals surface area contributed by atoms with Crippen molar-refractivity contribution < 1.29 is 14.7 Å². The van der Waals surface area contributed by atoms with Gasteiger partial charge in [-0.05, 0) is 23.5 Å². The number of carboxylic acids is 1. The highest BCUT2D eigenvalue weighted by Gasteiger charge is 2.21. The summed E-state index contributed by atoms with van der Waals surface area (Å²) in [5, 5.41) is 11.6. The van der Waals surface area contributed by atoms with E-state index in [1.807, 2.05) is 0 Å². The van der Waals surface area contributed by atoms with Crippen molar-refractivity contribution in [3.63, 3.8) is 0 Å². The molecule has 1 heterocycles. The third-order valence-corrected chi connectivity index (χ3v) is 3.25. The molecule has 0 spiro atoms. The van der Waals surface area contributed by atoms with E-state index in [0.29, 0.717) is 12.5 Å². The van der Waals surface area contributed by atoms with Gasteiger partial charge in [0.2, 0.25) is 0 Å². The van der Waals surface area contributed by atoms with Crippen LogP contribution in [-0.2, 0) is 0 Å². The van der Waals surface area contributed by atoms with Crippen LogP contribution in [0.25, 0.3) is 0 Å². The zero-order chi connectivity index (χ0) is 14.6. The highest BCUT2D eigenvalue weighted by atomic mass is 16.4. The van der Waals surface area contributed by atoms with E-state index in [1.54, 1.807) is 0 Å².